The van der Waals surface area contributed by atoms with E-state index in [1.165, 1.54) is 18.3 Å². The summed E-state index contributed by atoms with van der Waals surface area (Å²) in [4.78, 5) is 29.6. The predicted octanol–water partition coefficient (Wildman–Crippen LogP) is 4.43. The van der Waals surface area contributed by atoms with Gasteiger partial charge in [-0.2, -0.15) is 0 Å². The van der Waals surface area contributed by atoms with Crippen molar-refractivity contribution in [2.24, 2.45) is 0 Å². The molecule has 0 aliphatic heterocycles. The molecular formula is C20H22N4O2S. The lowest BCUT2D eigenvalue weighted by Gasteiger charge is -2.06. The molecule has 2 aromatic heterocycles. The van der Waals surface area contributed by atoms with Crippen LogP contribution in [0.2, 0.25) is 0 Å². The number of anilines is 3. The van der Waals surface area contributed by atoms with E-state index in [0.717, 1.165) is 35.2 Å². The summed E-state index contributed by atoms with van der Waals surface area (Å²) in [5.41, 5.74) is 8.96. The van der Waals surface area contributed by atoms with Crippen molar-refractivity contribution in [1.82, 2.24) is 4.98 Å². The molecule has 27 heavy (non-hydrogen) atoms. The third-order valence-electron chi connectivity index (χ3n) is 4.11. The minimum Gasteiger partial charge on any atom is -0.397 e. The molecule has 4 N–H and O–H groups in total. The summed E-state index contributed by atoms with van der Waals surface area (Å²) in [6.07, 6.45) is 3.12. The first-order valence-corrected chi connectivity index (χ1v) is 9.66. The van der Waals surface area contributed by atoms with Crippen LogP contribution in [0.25, 0.3) is 10.2 Å². The first kappa shape index (κ1) is 18.8. The second kappa shape index (κ2) is 8.18. The molecule has 2 amide bonds. The summed E-state index contributed by atoms with van der Waals surface area (Å²) in [5, 5.41) is 6.34. The number of nitrogen functional groups attached to an aromatic ring is 1. The molecule has 0 aliphatic rings. The monoisotopic (exact) mass is 382 g/mol. The van der Waals surface area contributed by atoms with Gasteiger partial charge in [-0.3, -0.25) is 9.59 Å². The van der Waals surface area contributed by atoms with E-state index in [4.69, 9.17) is 5.73 Å². The van der Waals surface area contributed by atoms with Gasteiger partial charge >= 0.3 is 0 Å². The van der Waals surface area contributed by atoms with E-state index in [1.54, 1.807) is 24.3 Å². The molecule has 0 saturated heterocycles. The lowest BCUT2D eigenvalue weighted by atomic mass is 10.1. The van der Waals surface area contributed by atoms with E-state index in [1.807, 2.05) is 12.1 Å². The molecule has 0 unspecified atom stereocenters. The topological polar surface area (TPSA) is 97.1 Å². The molecule has 7 heteroatoms. The number of carbonyl (C=O) groups excluding carboxylic acids is 2. The minimum absolute atomic E-state index is 0.143. The first-order valence-electron chi connectivity index (χ1n) is 8.85. The van der Waals surface area contributed by atoms with Crippen LogP contribution in [0.15, 0.2) is 36.4 Å². The molecule has 0 saturated carbocycles. The molecule has 3 rings (SSSR count). The number of pyridine rings is 1. The SMILES string of the molecule is CCCCc1ccc2c(N)c(C(=O)Nc3ccc(NC(C)=O)cc3)sc2n1. The number of carbonyl (C=O) groups is 2. The molecule has 0 spiro atoms. The van der Waals surface area contributed by atoms with Gasteiger partial charge in [0.25, 0.3) is 5.91 Å². The molecule has 6 nitrogen and oxygen atoms in total. The molecule has 0 atom stereocenters. The largest absolute Gasteiger partial charge is 0.397 e. The number of fused-ring (bicyclic) bond motifs is 1. The fourth-order valence-electron chi connectivity index (χ4n) is 2.73. The second-order valence-corrected chi connectivity index (χ2v) is 7.32. The summed E-state index contributed by atoms with van der Waals surface area (Å²) in [5.74, 6) is -0.409. The number of hydrogen-bond acceptors (Lipinski definition) is 5. The zero-order chi connectivity index (χ0) is 19.4. The molecule has 3 aromatic rings. The van der Waals surface area contributed by atoms with Gasteiger partial charge in [0.15, 0.2) is 0 Å². The van der Waals surface area contributed by atoms with Crippen molar-refractivity contribution < 1.29 is 9.59 Å². The Hall–Kier alpha value is -2.93. The minimum atomic E-state index is -0.266. The quantitative estimate of drug-likeness (QED) is 0.587. The number of nitrogens with zero attached hydrogens (tertiary/aromatic N) is 1. The van der Waals surface area contributed by atoms with Crippen LogP contribution in [0, 0.1) is 0 Å². The maximum absolute atomic E-state index is 12.6. The number of nitrogens with one attached hydrogen (secondary N) is 2. The number of rotatable bonds is 6. The molecule has 140 valence electrons. The number of amides is 2. The van der Waals surface area contributed by atoms with Gasteiger partial charge in [-0.15, -0.1) is 11.3 Å². The smallest absolute Gasteiger partial charge is 0.267 e. The van der Waals surface area contributed by atoms with Gasteiger partial charge in [0.2, 0.25) is 5.91 Å². The second-order valence-electron chi connectivity index (χ2n) is 6.32. The van der Waals surface area contributed by atoms with Gasteiger partial charge in [0, 0.05) is 29.4 Å². The fraction of sp³-hybridized carbons (Fsp3) is 0.250. The van der Waals surface area contributed by atoms with Gasteiger partial charge in [-0.05, 0) is 49.2 Å². The van der Waals surface area contributed by atoms with Crippen molar-refractivity contribution >= 4 is 50.4 Å². The Morgan fingerprint density at radius 2 is 1.74 bits per heavy atom. The highest BCUT2D eigenvalue weighted by Crippen LogP contribution is 2.33. The Kier molecular flexibility index (Phi) is 5.71. The van der Waals surface area contributed by atoms with Crippen LogP contribution in [-0.2, 0) is 11.2 Å². The molecule has 0 fully saturated rings. The average molecular weight is 382 g/mol. The predicted molar refractivity (Wildman–Crippen MR) is 111 cm³/mol. The summed E-state index contributed by atoms with van der Waals surface area (Å²) in [6.45, 7) is 3.59. The zero-order valence-corrected chi connectivity index (χ0v) is 16.2. The van der Waals surface area contributed by atoms with Gasteiger partial charge in [0.05, 0.1) is 5.69 Å². The number of hydrogen-bond donors (Lipinski definition) is 3. The number of unbranched alkanes of at least 4 members (excludes halogenated alkanes) is 1. The highest BCUT2D eigenvalue weighted by molar-refractivity contribution is 7.21. The number of aromatic nitrogens is 1. The highest BCUT2D eigenvalue weighted by Gasteiger charge is 2.17. The zero-order valence-electron chi connectivity index (χ0n) is 15.3. The number of thiophene rings is 1. The van der Waals surface area contributed by atoms with E-state index in [9.17, 15) is 9.59 Å². The van der Waals surface area contributed by atoms with E-state index in [-0.39, 0.29) is 11.8 Å². The summed E-state index contributed by atoms with van der Waals surface area (Å²) in [7, 11) is 0. The van der Waals surface area contributed by atoms with Gasteiger partial charge < -0.3 is 16.4 Å². The van der Waals surface area contributed by atoms with E-state index < -0.39 is 0 Å². The van der Waals surface area contributed by atoms with Crippen molar-refractivity contribution in [3.63, 3.8) is 0 Å². The standard InChI is InChI=1S/C20H22N4O2S/c1-3-4-5-13-10-11-16-17(21)18(27-20(16)24-13)19(26)23-15-8-6-14(7-9-15)22-12(2)25/h6-11H,3-5,21H2,1-2H3,(H,22,25)(H,23,26). The van der Waals surface area contributed by atoms with Crippen LogP contribution in [0.3, 0.4) is 0 Å². The van der Waals surface area contributed by atoms with Crippen LogP contribution < -0.4 is 16.4 Å². The van der Waals surface area contributed by atoms with Crippen molar-refractivity contribution in [2.75, 3.05) is 16.4 Å². The Labute approximate surface area is 161 Å². The maximum atomic E-state index is 12.6. The highest BCUT2D eigenvalue weighted by atomic mass is 32.1. The Balaban J connectivity index is 1.78. The molecule has 0 bridgehead atoms. The first-order chi connectivity index (χ1) is 13.0. The third kappa shape index (κ3) is 4.43. The third-order valence-corrected chi connectivity index (χ3v) is 5.22. The van der Waals surface area contributed by atoms with E-state index in [2.05, 4.69) is 22.5 Å². The van der Waals surface area contributed by atoms with Crippen LogP contribution in [-0.4, -0.2) is 16.8 Å². The van der Waals surface area contributed by atoms with Crippen LogP contribution >= 0.6 is 11.3 Å². The average Bonchev–Trinajstić information content (AvgIpc) is 2.97. The number of benzene rings is 1. The van der Waals surface area contributed by atoms with E-state index in [0.29, 0.717) is 21.9 Å². The normalized spacial score (nSPS) is 10.7. The lowest BCUT2D eigenvalue weighted by Crippen LogP contribution is -2.12. The van der Waals surface area contributed by atoms with Crippen molar-refractivity contribution in [1.29, 1.82) is 0 Å². The molecule has 0 radical (unpaired) electrons. The van der Waals surface area contributed by atoms with Gasteiger partial charge in [0.1, 0.15) is 9.71 Å². The number of aryl methyl sites for hydroxylation is 1. The van der Waals surface area contributed by atoms with Crippen molar-refractivity contribution in [2.45, 2.75) is 33.1 Å². The van der Waals surface area contributed by atoms with Crippen LogP contribution in [0.5, 0.6) is 0 Å². The van der Waals surface area contributed by atoms with E-state index >= 15 is 0 Å². The molecule has 2 heterocycles. The van der Waals surface area contributed by atoms with Gasteiger partial charge in [-0.1, -0.05) is 13.3 Å². The maximum Gasteiger partial charge on any atom is 0.267 e. The number of nitrogens with two attached hydrogens (primary N) is 1. The van der Waals surface area contributed by atoms with Crippen LogP contribution in [0.4, 0.5) is 17.1 Å². The molecule has 1 aromatic carbocycles. The molecular weight excluding hydrogens is 360 g/mol. The Morgan fingerprint density at radius 1 is 1.07 bits per heavy atom. The van der Waals surface area contributed by atoms with Crippen molar-refractivity contribution in [3.8, 4) is 0 Å². The fourth-order valence-corrected chi connectivity index (χ4v) is 3.74. The van der Waals surface area contributed by atoms with Gasteiger partial charge in [-0.25, -0.2) is 4.98 Å². The Bertz CT molecular complexity index is 980. The summed E-state index contributed by atoms with van der Waals surface area (Å²) >= 11 is 1.31. The summed E-state index contributed by atoms with van der Waals surface area (Å²) < 4.78 is 0. The van der Waals surface area contributed by atoms with Crippen LogP contribution in [0.1, 0.15) is 42.1 Å². The van der Waals surface area contributed by atoms with Crippen molar-refractivity contribution in [3.05, 3.63) is 47.0 Å². The molecule has 0 aliphatic carbocycles. The lowest BCUT2D eigenvalue weighted by molar-refractivity contribution is -0.114. The Morgan fingerprint density at radius 3 is 2.37 bits per heavy atom. The summed E-state index contributed by atoms with van der Waals surface area (Å²) in [6, 6.07) is 10.8.